The van der Waals surface area contributed by atoms with Gasteiger partial charge in [-0.1, -0.05) is 40.2 Å². The van der Waals surface area contributed by atoms with E-state index in [0.717, 1.165) is 21.2 Å². The van der Waals surface area contributed by atoms with E-state index < -0.39 is 6.10 Å². The third kappa shape index (κ3) is 2.98. The van der Waals surface area contributed by atoms with Crippen LogP contribution in [0.15, 0.2) is 46.9 Å². The zero-order valence-corrected chi connectivity index (χ0v) is 11.6. The van der Waals surface area contributed by atoms with E-state index in [-0.39, 0.29) is 5.82 Å². The maximum atomic E-state index is 13.2. The van der Waals surface area contributed by atoms with Gasteiger partial charge < -0.3 is 5.11 Å². The van der Waals surface area contributed by atoms with Gasteiger partial charge in [0, 0.05) is 10.9 Å². The van der Waals surface area contributed by atoms with Crippen molar-refractivity contribution in [3.05, 3.63) is 69.4 Å². The number of halogens is 2. The molecule has 1 N–H and O–H groups in total. The van der Waals surface area contributed by atoms with Gasteiger partial charge in [0.05, 0.1) is 6.10 Å². The molecule has 2 aromatic rings. The van der Waals surface area contributed by atoms with Gasteiger partial charge in [-0.15, -0.1) is 0 Å². The summed E-state index contributed by atoms with van der Waals surface area (Å²) in [7, 11) is 0. The summed E-state index contributed by atoms with van der Waals surface area (Å²) in [5.74, 6) is -0.287. The minimum atomic E-state index is -0.621. The molecule has 0 radical (unpaired) electrons. The number of aliphatic hydroxyl groups excluding tert-OH is 1. The van der Waals surface area contributed by atoms with E-state index in [9.17, 15) is 9.50 Å². The van der Waals surface area contributed by atoms with Crippen LogP contribution < -0.4 is 0 Å². The first-order chi connectivity index (χ1) is 8.58. The van der Waals surface area contributed by atoms with Crippen LogP contribution in [0.2, 0.25) is 0 Å². The Morgan fingerprint density at radius 3 is 2.67 bits per heavy atom. The van der Waals surface area contributed by atoms with Crippen LogP contribution in [0.25, 0.3) is 0 Å². The summed E-state index contributed by atoms with van der Waals surface area (Å²) in [6.45, 7) is 1.96. The molecule has 0 amide bonds. The normalized spacial score (nSPS) is 12.4. The van der Waals surface area contributed by atoms with E-state index in [2.05, 4.69) is 15.9 Å². The summed E-state index contributed by atoms with van der Waals surface area (Å²) >= 11 is 3.37. The molecule has 1 atom stereocenters. The van der Waals surface area contributed by atoms with E-state index >= 15 is 0 Å². The molecule has 18 heavy (non-hydrogen) atoms. The van der Waals surface area contributed by atoms with Crippen LogP contribution in [-0.4, -0.2) is 5.11 Å². The zero-order valence-electron chi connectivity index (χ0n) is 10.0. The van der Waals surface area contributed by atoms with Crippen LogP contribution >= 0.6 is 15.9 Å². The predicted molar refractivity (Wildman–Crippen MR) is 73.9 cm³/mol. The summed E-state index contributed by atoms with van der Waals surface area (Å²) in [5, 5.41) is 10.2. The van der Waals surface area contributed by atoms with Gasteiger partial charge in [0.2, 0.25) is 0 Å². The summed E-state index contributed by atoms with van der Waals surface area (Å²) in [4.78, 5) is 0. The fraction of sp³-hybridized carbons (Fsp3) is 0.200. The predicted octanol–water partition coefficient (Wildman–Crippen LogP) is 4.17. The average Bonchev–Trinajstić information content (AvgIpc) is 2.34. The highest BCUT2D eigenvalue weighted by Gasteiger charge is 2.13. The molecule has 0 heterocycles. The van der Waals surface area contributed by atoms with Crippen LogP contribution in [-0.2, 0) is 6.42 Å². The average molecular weight is 309 g/mol. The number of hydrogen-bond donors (Lipinski definition) is 1. The van der Waals surface area contributed by atoms with Gasteiger partial charge in [0.1, 0.15) is 5.82 Å². The second kappa shape index (κ2) is 5.63. The highest BCUT2D eigenvalue weighted by molar-refractivity contribution is 9.10. The second-order valence-corrected chi connectivity index (χ2v) is 5.17. The first kappa shape index (κ1) is 13.2. The molecular weight excluding hydrogens is 295 g/mol. The second-order valence-electron chi connectivity index (χ2n) is 4.31. The molecule has 1 nitrogen and oxygen atoms in total. The lowest BCUT2D eigenvalue weighted by Gasteiger charge is -2.14. The lowest BCUT2D eigenvalue weighted by molar-refractivity contribution is 0.177. The van der Waals surface area contributed by atoms with E-state index in [1.165, 1.54) is 12.1 Å². The largest absolute Gasteiger partial charge is 0.388 e. The Labute approximate surface area is 114 Å². The molecule has 0 saturated heterocycles. The first-order valence-electron chi connectivity index (χ1n) is 5.75. The maximum absolute atomic E-state index is 13.2. The third-order valence-electron chi connectivity index (χ3n) is 2.97. The SMILES string of the molecule is Cc1ccccc1C(O)Cc1cc(F)ccc1Br. The Kier molecular flexibility index (Phi) is 4.15. The van der Waals surface area contributed by atoms with Crippen molar-refractivity contribution in [2.24, 2.45) is 0 Å². The van der Waals surface area contributed by atoms with Gasteiger partial charge in [-0.2, -0.15) is 0 Å². The van der Waals surface area contributed by atoms with Crippen molar-refractivity contribution in [1.29, 1.82) is 0 Å². The summed E-state index contributed by atoms with van der Waals surface area (Å²) in [6.07, 6.45) is -0.229. The monoisotopic (exact) mass is 308 g/mol. The van der Waals surface area contributed by atoms with Crippen molar-refractivity contribution in [3.63, 3.8) is 0 Å². The molecule has 0 aliphatic rings. The Balaban J connectivity index is 2.24. The van der Waals surface area contributed by atoms with Crippen molar-refractivity contribution < 1.29 is 9.50 Å². The van der Waals surface area contributed by atoms with Crippen molar-refractivity contribution in [2.45, 2.75) is 19.4 Å². The highest BCUT2D eigenvalue weighted by Crippen LogP contribution is 2.26. The molecule has 94 valence electrons. The third-order valence-corrected chi connectivity index (χ3v) is 3.74. The van der Waals surface area contributed by atoms with Gasteiger partial charge in [0.25, 0.3) is 0 Å². The van der Waals surface area contributed by atoms with Crippen LogP contribution in [0.5, 0.6) is 0 Å². The summed E-state index contributed by atoms with van der Waals surface area (Å²) in [6, 6.07) is 12.2. The van der Waals surface area contributed by atoms with Gasteiger partial charge in [-0.05, 0) is 41.8 Å². The Morgan fingerprint density at radius 2 is 1.94 bits per heavy atom. The number of rotatable bonds is 3. The number of aryl methyl sites for hydroxylation is 1. The van der Waals surface area contributed by atoms with E-state index in [4.69, 9.17) is 0 Å². The van der Waals surface area contributed by atoms with Gasteiger partial charge in [0.15, 0.2) is 0 Å². The van der Waals surface area contributed by atoms with Crippen molar-refractivity contribution in [2.75, 3.05) is 0 Å². The smallest absolute Gasteiger partial charge is 0.123 e. The standard InChI is InChI=1S/C15H14BrFO/c1-10-4-2-3-5-13(10)15(18)9-11-8-12(17)6-7-14(11)16/h2-8,15,18H,9H2,1H3. The lowest BCUT2D eigenvalue weighted by atomic mass is 9.98. The Morgan fingerprint density at radius 1 is 1.22 bits per heavy atom. The molecule has 3 heteroatoms. The van der Waals surface area contributed by atoms with Crippen molar-refractivity contribution in [1.82, 2.24) is 0 Å². The Bertz CT molecular complexity index is 554. The van der Waals surface area contributed by atoms with Crippen LogP contribution in [0.3, 0.4) is 0 Å². The lowest BCUT2D eigenvalue weighted by Crippen LogP contribution is -2.04. The minimum absolute atomic E-state index is 0.287. The van der Waals surface area contributed by atoms with Gasteiger partial charge >= 0.3 is 0 Å². The molecule has 0 fully saturated rings. The highest BCUT2D eigenvalue weighted by atomic mass is 79.9. The van der Waals surface area contributed by atoms with Crippen molar-refractivity contribution in [3.8, 4) is 0 Å². The summed E-state index contributed by atoms with van der Waals surface area (Å²) < 4.78 is 14.0. The molecule has 2 aromatic carbocycles. The van der Waals surface area contributed by atoms with Crippen molar-refractivity contribution >= 4 is 15.9 Å². The first-order valence-corrected chi connectivity index (χ1v) is 6.55. The van der Waals surface area contributed by atoms with E-state index in [1.807, 2.05) is 31.2 Å². The van der Waals surface area contributed by atoms with E-state index in [0.29, 0.717) is 6.42 Å². The molecule has 0 saturated carbocycles. The molecule has 0 aromatic heterocycles. The molecule has 0 aliphatic carbocycles. The number of hydrogen-bond acceptors (Lipinski definition) is 1. The topological polar surface area (TPSA) is 20.2 Å². The van der Waals surface area contributed by atoms with Crippen LogP contribution in [0.1, 0.15) is 22.8 Å². The number of aliphatic hydroxyl groups is 1. The van der Waals surface area contributed by atoms with Gasteiger partial charge in [-0.25, -0.2) is 4.39 Å². The van der Waals surface area contributed by atoms with E-state index in [1.54, 1.807) is 6.07 Å². The minimum Gasteiger partial charge on any atom is -0.388 e. The van der Waals surface area contributed by atoms with Gasteiger partial charge in [-0.3, -0.25) is 0 Å². The number of benzene rings is 2. The zero-order chi connectivity index (χ0) is 13.1. The van der Waals surface area contributed by atoms with Crippen LogP contribution in [0.4, 0.5) is 4.39 Å². The molecule has 0 bridgehead atoms. The molecular formula is C15H14BrFO. The fourth-order valence-electron chi connectivity index (χ4n) is 1.98. The molecule has 1 unspecified atom stereocenters. The molecule has 2 rings (SSSR count). The quantitative estimate of drug-likeness (QED) is 0.902. The molecule has 0 aliphatic heterocycles. The maximum Gasteiger partial charge on any atom is 0.123 e. The molecule has 0 spiro atoms. The summed E-state index contributed by atoms with van der Waals surface area (Å²) in [5.41, 5.74) is 2.69. The Hall–Kier alpha value is -1.19. The van der Waals surface area contributed by atoms with Crippen LogP contribution in [0, 0.1) is 12.7 Å². The fourth-order valence-corrected chi connectivity index (χ4v) is 2.39.